The van der Waals surface area contributed by atoms with Crippen LogP contribution < -0.4 is 5.73 Å². The fourth-order valence-electron chi connectivity index (χ4n) is 2.56. The van der Waals surface area contributed by atoms with Crippen molar-refractivity contribution in [2.24, 2.45) is 11.7 Å². The van der Waals surface area contributed by atoms with Gasteiger partial charge in [-0.3, -0.25) is 0 Å². The molecule has 1 heterocycles. The van der Waals surface area contributed by atoms with Gasteiger partial charge in [0.25, 0.3) is 0 Å². The number of amides is 1. The minimum Gasteiger partial charge on any atom is -0.445 e. The van der Waals surface area contributed by atoms with E-state index in [2.05, 4.69) is 0 Å². The van der Waals surface area contributed by atoms with Gasteiger partial charge in [-0.05, 0) is 37.2 Å². The zero-order valence-corrected chi connectivity index (χ0v) is 13.0. The number of ether oxygens (including phenoxy) is 1. The van der Waals surface area contributed by atoms with Crippen LogP contribution in [0.1, 0.15) is 31.2 Å². The normalized spacial score (nSPS) is 15.7. The van der Waals surface area contributed by atoms with E-state index >= 15 is 0 Å². The molecule has 1 aliphatic heterocycles. The van der Waals surface area contributed by atoms with Gasteiger partial charge in [0.1, 0.15) is 6.61 Å². The van der Waals surface area contributed by atoms with Crippen LogP contribution in [-0.2, 0) is 11.3 Å². The molecule has 4 nitrogen and oxygen atoms in total. The van der Waals surface area contributed by atoms with Crippen LogP contribution in [0.2, 0.25) is 0 Å². The van der Waals surface area contributed by atoms with Gasteiger partial charge in [-0.2, -0.15) is 0 Å². The fourth-order valence-corrected chi connectivity index (χ4v) is 2.68. The molecule has 0 saturated carbocycles. The standard InChI is InChI=1S/C16H22N2O2S/c17-15(21)7-6-13-8-10-18(11-9-13)16(19)20-12-14-4-2-1-3-5-14/h1-5,13H,6-12H2,(H2,17,21). The molecule has 0 radical (unpaired) electrons. The molecule has 0 aromatic heterocycles. The lowest BCUT2D eigenvalue weighted by molar-refractivity contribution is 0.0817. The number of nitrogens with two attached hydrogens (primary N) is 1. The molecule has 0 unspecified atom stereocenters. The van der Waals surface area contributed by atoms with Crippen molar-refractivity contribution >= 4 is 23.3 Å². The van der Waals surface area contributed by atoms with Crippen LogP contribution in [0.5, 0.6) is 0 Å². The highest BCUT2D eigenvalue weighted by molar-refractivity contribution is 7.80. The Balaban J connectivity index is 1.69. The molecule has 2 N–H and O–H groups in total. The lowest BCUT2D eigenvalue weighted by atomic mass is 9.92. The van der Waals surface area contributed by atoms with Gasteiger partial charge in [0.2, 0.25) is 0 Å². The molecule has 0 aliphatic carbocycles. The quantitative estimate of drug-likeness (QED) is 0.849. The van der Waals surface area contributed by atoms with Crippen LogP contribution in [0.3, 0.4) is 0 Å². The van der Waals surface area contributed by atoms with Crippen LogP contribution in [0.4, 0.5) is 4.79 Å². The zero-order valence-electron chi connectivity index (χ0n) is 12.2. The van der Waals surface area contributed by atoms with E-state index in [9.17, 15) is 4.79 Å². The first kappa shape index (κ1) is 15.8. The first-order valence-electron chi connectivity index (χ1n) is 7.39. The highest BCUT2D eigenvalue weighted by Crippen LogP contribution is 2.22. The van der Waals surface area contributed by atoms with E-state index in [1.165, 1.54) is 0 Å². The molecule has 114 valence electrons. The van der Waals surface area contributed by atoms with Gasteiger partial charge in [-0.25, -0.2) is 4.79 Å². The van der Waals surface area contributed by atoms with Crippen molar-refractivity contribution in [1.29, 1.82) is 0 Å². The zero-order chi connectivity index (χ0) is 15.1. The number of rotatable bonds is 5. The number of hydrogen-bond donors (Lipinski definition) is 1. The third kappa shape index (κ3) is 5.34. The van der Waals surface area contributed by atoms with Gasteiger partial charge < -0.3 is 15.4 Å². The molecule has 1 aliphatic rings. The Morgan fingerprint density at radius 2 is 1.95 bits per heavy atom. The molecular formula is C16H22N2O2S. The Hall–Kier alpha value is -1.62. The minimum atomic E-state index is -0.216. The fraction of sp³-hybridized carbons (Fsp3) is 0.500. The Bertz CT molecular complexity index is 470. The van der Waals surface area contributed by atoms with Crippen LogP contribution in [0.15, 0.2) is 30.3 Å². The number of hydrogen-bond acceptors (Lipinski definition) is 3. The van der Waals surface area contributed by atoms with Crippen molar-refractivity contribution in [3.8, 4) is 0 Å². The maximum absolute atomic E-state index is 12.0. The Labute approximate surface area is 131 Å². The highest BCUT2D eigenvalue weighted by Gasteiger charge is 2.23. The molecule has 1 aromatic carbocycles. The summed E-state index contributed by atoms with van der Waals surface area (Å²) in [6.07, 6.45) is 3.62. The number of nitrogens with zero attached hydrogens (tertiary/aromatic N) is 1. The van der Waals surface area contributed by atoms with E-state index in [1.54, 1.807) is 4.90 Å². The average molecular weight is 306 g/mol. The molecular weight excluding hydrogens is 284 g/mol. The van der Waals surface area contributed by atoms with E-state index in [4.69, 9.17) is 22.7 Å². The van der Waals surface area contributed by atoms with Gasteiger partial charge in [0.15, 0.2) is 0 Å². The Morgan fingerprint density at radius 1 is 1.29 bits per heavy atom. The third-order valence-electron chi connectivity index (χ3n) is 3.88. The molecule has 2 rings (SSSR count). The van der Waals surface area contributed by atoms with E-state index in [1.807, 2.05) is 30.3 Å². The molecule has 0 spiro atoms. The van der Waals surface area contributed by atoms with E-state index < -0.39 is 0 Å². The van der Waals surface area contributed by atoms with Crippen molar-refractivity contribution in [3.63, 3.8) is 0 Å². The second kappa shape index (κ2) is 7.98. The van der Waals surface area contributed by atoms with Gasteiger partial charge >= 0.3 is 6.09 Å². The summed E-state index contributed by atoms with van der Waals surface area (Å²) in [7, 11) is 0. The summed E-state index contributed by atoms with van der Waals surface area (Å²) in [6.45, 7) is 1.85. The van der Waals surface area contributed by atoms with Crippen molar-refractivity contribution in [2.45, 2.75) is 32.3 Å². The second-order valence-electron chi connectivity index (χ2n) is 5.48. The smallest absolute Gasteiger partial charge is 0.410 e. The first-order chi connectivity index (χ1) is 10.1. The van der Waals surface area contributed by atoms with E-state index in [-0.39, 0.29) is 6.09 Å². The van der Waals surface area contributed by atoms with E-state index in [0.717, 1.165) is 44.3 Å². The SMILES string of the molecule is NC(=S)CCC1CCN(C(=O)OCc2ccccc2)CC1. The summed E-state index contributed by atoms with van der Waals surface area (Å²) >= 11 is 4.90. The predicted molar refractivity (Wildman–Crippen MR) is 86.9 cm³/mol. The highest BCUT2D eigenvalue weighted by atomic mass is 32.1. The third-order valence-corrected chi connectivity index (χ3v) is 4.08. The number of likely N-dealkylation sites (tertiary alicyclic amines) is 1. The first-order valence-corrected chi connectivity index (χ1v) is 7.80. The monoisotopic (exact) mass is 306 g/mol. The maximum atomic E-state index is 12.0. The minimum absolute atomic E-state index is 0.216. The number of carbonyl (C=O) groups excluding carboxylic acids is 1. The molecule has 0 bridgehead atoms. The number of thiocarbonyl (C=S) groups is 1. The predicted octanol–water partition coefficient (Wildman–Crippen LogP) is 3.10. The Kier molecular flexibility index (Phi) is 5.99. The number of carbonyl (C=O) groups is 1. The van der Waals surface area contributed by atoms with Crippen molar-refractivity contribution in [3.05, 3.63) is 35.9 Å². The van der Waals surface area contributed by atoms with Crippen LogP contribution in [0.25, 0.3) is 0 Å². The van der Waals surface area contributed by atoms with Gasteiger partial charge in [0, 0.05) is 13.1 Å². The molecule has 1 amide bonds. The van der Waals surface area contributed by atoms with Crippen molar-refractivity contribution < 1.29 is 9.53 Å². The topological polar surface area (TPSA) is 55.6 Å². The largest absolute Gasteiger partial charge is 0.445 e. The second-order valence-corrected chi connectivity index (χ2v) is 6.00. The van der Waals surface area contributed by atoms with Crippen molar-refractivity contribution in [1.82, 2.24) is 4.90 Å². The van der Waals surface area contributed by atoms with Gasteiger partial charge in [-0.15, -0.1) is 0 Å². The summed E-state index contributed by atoms with van der Waals surface area (Å²) in [5.41, 5.74) is 6.54. The van der Waals surface area contributed by atoms with E-state index in [0.29, 0.717) is 17.5 Å². The number of piperidine rings is 1. The molecule has 1 saturated heterocycles. The van der Waals surface area contributed by atoms with Crippen LogP contribution in [-0.4, -0.2) is 29.1 Å². The molecule has 0 atom stereocenters. The maximum Gasteiger partial charge on any atom is 0.410 e. The van der Waals surface area contributed by atoms with Crippen LogP contribution >= 0.6 is 12.2 Å². The number of benzene rings is 1. The summed E-state index contributed by atoms with van der Waals surface area (Å²) in [6, 6.07) is 9.74. The summed E-state index contributed by atoms with van der Waals surface area (Å²) in [5, 5.41) is 0. The summed E-state index contributed by atoms with van der Waals surface area (Å²) in [5.74, 6) is 0.615. The van der Waals surface area contributed by atoms with Gasteiger partial charge in [0.05, 0.1) is 4.99 Å². The molecule has 5 heteroatoms. The van der Waals surface area contributed by atoms with Crippen LogP contribution in [0, 0.1) is 5.92 Å². The molecule has 1 fully saturated rings. The Morgan fingerprint density at radius 3 is 2.57 bits per heavy atom. The summed E-state index contributed by atoms with van der Waals surface area (Å²) in [4.78, 5) is 14.4. The molecule has 21 heavy (non-hydrogen) atoms. The van der Waals surface area contributed by atoms with Crippen molar-refractivity contribution in [2.75, 3.05) is 13.1 Å². The lowest BCUT2D eigenvalue weighted by Gasteiger charge is -2.31. The molecule has 1 aromatic rings. The lowest BCUT2D eigenvalue weighted by Crippen LogP contribution is -2.38. The van der Waals surface area contributed by atoms with Gasteiger partial charge in [-0.1, -0.05) is 42.5 Å². The average Bonchev–Trinajstić information content (AvgIpc) is 2.52. The summed E-state index contributed by atoms with van der Waals surface area (Å²) < 4.78 is 5.35.